The molecule has 0 N–H and O–H groups in total. The first kappa shape index (κ1) is 24.4. The average Bonchev–Trinajstić information content (AvgIpc) is 3.52. The summed E-state index contributed by atoms with van der Waals surface area (Å²) in [5.74, 6) is 1.99. The van der Waals surface area contributed by atoms with E-state index >= 15 is 0 Å². The summed E-state index contributed by atoms with van der Waals surface area (Å²) in [5, 5.41) is 1.25. The van der Waals surface area contributed by atoms with Crippen LogP contribution in [0.1, 0.15) is 25.1 Å². The van der Waals surface area contributed by atoms with Crippen molar-refractivity contribution in [3.63, 3.8) is 0 Å². The Balaban J connectivity index is 1.35. The highest BCUT2D eigenvalue weighted by atomic mass is 15.0. The van der Waals surface area contributed by atoms with E-state index in [2.05, 4.69) is 91.2 Å². The van der Waals surface area contributed by atoms with E-state index in [-0.39, 0.29) is 5.41 Å². The maximum absolute atomic E-state index is 4.99. The Morgan fingerprint density at radius 3 is 1.71 bits per heavy atom. The average molecular weight is 541 g/mol. The van der Waals surface area contributed by atoms with Crippen molar-refractivity contribution in [1.29, 1.82) is 0 Å². The van der Waals surface area contributed by atoms with Crippen LogP contribution in [0.4, 0.5) is 0 Å². The SMILES string of the molecule is CC1(C)c2ccccc2-n2c1c(-c1cccc(-c3nc(-c4ccccc4)nc(-c4ccccc4)n3)c1)c1ccccc12. The Labute approximate surface area is 245 Å². The molecule has 42 heavy (non-hydrogen) atoms. The Kier molecular flexibility index (Phi) is 5.44. The van der Waals surface area contributed by atoms with Crippen LogP contribution in [0.15, 0.2) is 133 Å². The van der Waals surface area contributed by atoms with Gasteiger partial charge in [-0.2, -0.15) is 0 Å². The van der Waals surface area contributed by atoms with Gasteiger partial charge in [0.05, 0.1) is 11.2 Å². The van der Waals surface area contributed by atoms with E-state index in [0.717, 1.165) is 22.3 Å². The normalized spacial score (nSPS) is 13.2. The van der Waals surface area contributed by atoms with Gasteiger partial charge in [-0.1, -0.05) is 129 Å². The van der Waals surface area contributed by atoms with Gasteiger partial charge in [0.15, 0.2) is 17.5 Å². The number of benzene rings is 5. The molecule has 4 heteroatoms. The third-order valence-electron chi connectivity index (χ3n) is 8.39. The van der Waals surface area contributed by atoms with E-state index in [1.807, 2.05) is 60.7 Å². The van der Waals surface area contributed by atoms with Crippen LogP contribution < -0.4 is 0 Å². The fraction of sp³-hybridized carbons (Fsp3) is 0.0789. The summed E-state index contributed by atoms with van der Waals surface area (Å²) in [4.78, 5) is 14.9. The molecule has 7 aromatic rings. The molecule has 0 bridgehead atoms. The maximum Gasteiger partial charge on any atom is 0.164 e. The number of aromatic nitrogens is 4. The molecule has 0 radical (unpaired) electrons. The summed E-state index contributed by atoms with van der Waals surface area (Å²) in [6, 6.07) is 46.4. The Morgan fingerprint density at radius 2 is 1.02 bits per heavy atom. The molecule has 0 saturated carbocycles. The minimum absolute atomic E-state index is 0.158. The quantitative estimate of drug-likeness (QED) is 0.224. The number of hydrogen-bond donors (Lipinski definition) is 0. The first-order valence-corrected chi connectivity index (χ1v) is 14.3. The van der Waals surface area contributed by atoms with Gasteiger partial charge in [0.2, 0.25) is 0 Å². The van der Waals surface area contributed by atoms with Gasteiger partial charge in [-0.25, -0.2) is 15.0 Å². The van der Waals surface area contributed by atoms with Crippen LogP contribution in [-0.2, 0) is 5.41 Å². The second-order valence-corrected chi connectivity index (χ2v) is 11.3. The highest BCUT2D eigenvalue weighted by Crippen LogP contribution is 2.51. The Morgan fingerprint density at radius 1 is 0.500 bits per heavy atom. The van der Waals surface area contributed by atoms with E-state index in [0.29, 0.717) is 17.5 Å². The molecule has 0 aliphatic carbocycles. The summed E-state index contributed by atoms with van der Waals surface area (Å²) in [6.07, 6.45) is 0. The molecule has 5 aromatic carbocycles. The highest BCUT2D eigenvalue weighted by Gasteiger charge is 2.40. The number of para-hydroxylation sites is 2. The molecule has 0 saturated heterocycles. The van der Waals surface area contributed by atoms with Gasteiger partial charge in [-0.3, -0.25) is 0 Å². The summed E-state index contributed by atoms with van der Waals surface area (Å²) < 4.78 is 2.45. The predicted octanol–water partition coefficient (Wildman–Crippen LogP) is 9.12. The number of nitrogens with zero attached hydrogens (tertiary/aromatic N) is 4. The zero-order valence-electron chi connectivity index (χ0n) is 23.5. The first-order chi connectivity index (χ1) is 20.6. The van der Waals surface area contributed by atoms with E-state index in [4.69, 9.17) is 15.0 Å². The number of hydrogen-bond acceptors (Lipinski definition) is 3. The lowest BCUT2D eigenvalue weighted by Crippen LogP contribution is -2.16. The van der Waals surface area contributed by atoms with Crippen LogP contribution in [-0.4, -0.2) is 19.5 Å². The van der Waals surface area contributed by atoms with Crippen molar-refractivity contribution in [3.8, 4) is 51.0 Å². The van der Waals surface area contributed by atoms with Gasteiger partial charge >= 0.3 is 0 Å². The van der Waals surface area contributed by atoms with Crippen LogP contribution in [0.2, 0.25) is 0 Å². The fourth-order valence-electron chi connectivity index (χ4n) is 6.45. The standard InChI is InChI=1S/C38H28N4/c1-38(2)30-21-10-12-23-32(30)42-31-22-11-9-20-29(31)33(34(38)42)27-18-13-19-28(24-27)37-40-35(25-14-5-3-6-15-25)39-36(41-37)26-16-7-4-8-17-26/h3-24H,1-2H3. The first-order valence-electron chi connectivity index (χ1n) is 14.3. The largest absolute Gasteiger partial charge is 0.312 e. The summed E-state index contributed by atoms with van der Waals surface area (Å²) in [5.41, 5.74) is 10.3. The fourth-order valence-corrected chi connectivity index (χ4v) is 6.45. The predicted molar refractivity (Wildman–Crippen MR) is 171 cm³/mol. The monoisotopic (exact) mass is 540 g/mol. The molecular formula is C38H28N4. The zero-order chi connectivity index (χ0) is 28.3. The molecule has 8 rings (SSSR count). The lowest BCUT2D eigenvalue weighted by molar-refractivity contribution is 0.646. The zero-order valence-corrected chi connectivity index (χ0v) is 23.5. The van der Waals surface area contributed by atoms with E-state index in [1.54, 1.807) is 0 Å². The van der Waals surface area contributed by atoms with Gasteiger partial charge in [0.25, 0.3) is 0 Å². The molecule has 4 nitrogen and oxygen atoms in total. The Bertz CT molecular complexity index is 2050. The molecule has 0 amide bonds. The van der Waals surface area contributed by atoms with Gasteiger partial charge < -0.3 is 4.57 Å². The molecule has 1 aliphatic heterocycles. The lowest BCUT2D eigenvalue weighted by Gasteiger charge is -2.21. The van der Waals surface area contributed by atoms with Crippen molar-refractivity contribution >= 4 is 10.9 Å². The minimum atomic E-state index is -0.158. The van der Waals surface area contributed by atoms with Gasteiger partial charge in [0, 0.05) is 38.7 Å². The van der Waals surface area contributed by atoms with Crippen LogP contribution in [0.3, 0.4) is 0 Å². The Hall–Kier alpha value is -5.35. The number of fused-ring (bicyclic) bond motifs is 5. The van der Waals surface area contributed by atoms with Crippen molar-refractivity contribution in [2.75, 3.05) is 0 Å². The molecule has 1 aliphatic rings. The summed E-state index contributed by atoms with van der Waals surface area (Å²) in [7, 11) is 0. The van der Waals surface area contributed by atoms with Crippen LogP contribution in [0.25, 0.3) is 61.9 Å². The maximum atomic E-state index is 4.99. The van der Waals surface area contributed by atoms with Gasteiger partial charge in [-0.15, -0.1) is 0 Å². The molecule has 2 aromatic heterocycles. The van der Waals surface area contributed by atoms with Crippen molar-refractivity contribution in [1.82, 2.24) is 19.5 Å². The molecule has 200 valence electrons. The topological polar surface area (TPSA) is 43.6 Å². The summed E-state index contributed by atoms with van der Waals surface area (Å²) >= 11 is 0. The van der Waals surface area contributed by atoms with Gasteiger partial charge in [0.1, 0.15) is 0 Å². The third-order valence-corrected chi connectivity index (χ3v) is 8.39. The molecule has 0 atom stereocenters. The lowest BCUT2D eigenvalue weighted by atomic mass is 9.80. The molecular weight excluding hydrogens is 512 g/mol. The van der Waals surface area contributed by atoms with Crippen LogP contribution >= 0.6 is 0 Å². The molecule has 0 spiro atoms. The number of rotatable bonds is 4. The van der Waals surface area contributed by atoms with Crippen molar-refractivity contribution in [2.45, 2.75) is 19.3 Å². The minimum Gasteiger partial charge on any atom is -0.312 e. The van der Waals surface area contributed by atoms with Crippen molar-refractivity contribution < 1.29 is 0 Å². The smallest absolute Gasteiger partial charge is 0.164 e. The van der Waals surface area contributed by atoms with E-state index in [9.17, 15) is 0 Å². The second-order valence-electron chi connectivity index (χ2n) is 11.3. The van der Waals surface area contributed by atoms with E-state index in [1.165, 1.54) is 33.4 Å². The molecule has 3 heterocycles. The van der Waals surface area contributed by atoms with Crippen LogP contribution in [0, 0.1) is 0 Å². The summed E-state index contributed by atoms with van der Waals surface area (Å²) in [6.45, 7) is 4.67. The van der Waals surface area contributed by atoms with Gasteiger partial charge in [-0.05, 0) is 29.3 Å². The van der Waals surface area contributed by atoms with E-state index < -0.39 is 0 Å². The van der Waals surface area contributed by atoms with Crippen molar-refractivity contribution in [3.05, 3.63) is 145 Å². The highest BCUT2D eigenvalue weighted by molar-refractivity contribution is 6.01. The molecule has 0 fully saturated rings. The third kappa shape index (κ3) is 3.72. The van der Waals surface area contributed by atoms with Crippen LogP contribution in [0.5, 0.6) is 0 Å². The second kappa shape index (κ2) is 9.35. The van der Waals surface area contributed by atoms with Crippen molar-refractivity contribution in [2.24, 2.45) is 0 Å². The molecule has 0 unspecified atom stereocenters.